The lowest BCUT2D eigenvalue weighted by atomic mass is 10.3. The Morgan fingerprint density at radius 3 is 2.67 bits per heavy atom. The molecule has 0 aliphatic carbocycles. The highest BCUT2D eigenvalue weighted by Crippen LogP contribution is 2.24. The Balaban J connectivity index is 2.24. The molecule has 0 bridgehead atoms. The van der Waals surface area contributed by atoms with E-state index in [1.165, 1.54) is 0 Å². The molecule has 0 aliphatic heterocycles. The van der Waals surface area contributed by atoms with Gasteiger partial charge in [0.1, 0.15) is 0 Å². The zero-order valence-electron chi connectivity index (χ0n) is 8.61. The Morgan fingerprint density at radius 1 is 1.27 bits per heavy atom. The highest BCUT2D eigenvalue weighted by Gasteiger charge is 2.03. The van der Waals surface area contributed by atoms with Crippen LogP contribution in [0, 0.1) is 13.8 Å². The van der Waals surface area contributed by atoms with Gasteiger partial charge < -0.3 is 11.1 Å². The number of nitrogens with zero attached hydrogens (tertiary/aromatic N) is 2. The summed E-state index contributed by atoms with van der Waals surface area (Å²) in [5, 5.41) is 3.91. The second-order valence-electron chi connectivity index (χ2n) is 3.35. The molecule has 0 radical (unpaired) electrons. The summed E-state index contributed by atoms with van der Waals surface area (Å²) in [4.78, 5) is 9.56. The van der Waals surface area contributed by atoms with Gasteiger partial charge in [0, 0.05) is 17.3 Å². The van der Waals surface area contributed by atoms with Gasteiger partial charge in [-0.3, -0.25) is 0 Å². The Hall–Kier alpha value is -1.62. The van der Waals surface area contributed by atoms with Gasteiger partial charge in [-0.1, -0.05) is 0 Å². The fourth-order valence-electron chi connectivity index (χ4n) is 1.21. The van der Waals surface area contributed by atoms with E-state index in [1.54, 1.807) is 17.5 Å². The molecule has 0 aliphatic rings. The Morgan fingerprint density at radius 2 is 2.07 bits per heavy atom. The lowest BCUT2D eigenvalue weighted by molar-refractivity contribution is 1.25. The molecule has 0 unspecified atom stereocenters. The molecule has 0 spiro atoms. The zero-order valence-corrected chi connectivity index (χ0v) is 9.43. The van der Waals surface area contributed by atoms with E-state index < -0.39 is 0 Å². The molecule has 5 heteroatoms. The molecule has 3 N–H and O–H groups in total. The molecular weight excluding hydrogens is 208 g/mol. The topological polar surface area (TPSA) is 63.8 Å². The molecule has 2 rings (SSSR count). The maximum atomic E-state index is 5.83. The molecule has 2 aromatic heterocycles. The quantitative estimate of drug-likeness (QED) is 0.816. The number of hydrogen-bond donors (Lipinski definition) is 2. The smallest absolute Gasteiger partial charge is 0.188 e. The van der Waals surface area contributed by atoms with Crippen LogP contribution in [0.25, 0.3) is 0 Å². The lowest BCUT2D eigenvalue weighted by Crippen LogP contribution is -1.99. The molecule has 0 fully saturated rings. The SMILES string of the molecule is Cc1cnc(Nc2ncc(C)s2)c(N)c1. The molecular formula is C10H12N4S. The van der Waals surface area contributed by atoms with Crippen LogP contribution in [0.4, 0.5) is 16.6 Å². The zero-order chi connectivity index (χ0) is 10.8. The van der Waals surface area contributed by atoms with Crippen LogP contribution in [0.2, 0.25) is 0 Å². The maximum Gasteiger partial charge on any atom is 0.188 e. The summed E-state index contributed by atoms with van der Waals surface area (Å²) in [5.74, 6) is 0.662. The maximum absolute atomic E-state index is 5.83. The summed E-state index contributed by atoms with van der Waals surface area (Å²) in [7, 11) is 0. The van der Waals surface area contributed by atoms with Crippen LogP contribution in [0.3, 0.4) is 0 Å². The highest BCUT2D eigenvalue weighted by atomic mass is 32.1. The first-order valence-electron chi connectivity index (χ1n) is 4.57. The molecule has 78 valence electrons. The van der Waals surface area contributed by atoms with Gasteiger partial charge in [-0.25, -0.2) is 9.97 Å². The molecule has 0 aromatic carbocycles. The fraction of sp³-hybridized carbons (Fsp3) is 0.200. The largest absolute Gasteiger partial charge is 0.396 e. The second-order valence-corrected chi connectivity index (χ2v) is 4.59. The van der Waals surface area contributed by atoms with Gasteiger partial charge in [-0.15, -0.1) is 11.3 Å². The summed E-state index contributed by atoms with van der Waals surface area (Å²) in [6.45, 7) is 3.97. The first-order valence-corrected chi connectivity index (χ1v) is 5.38. The van der Waals surface area contributed by atoms with E-state index in [0.29, 0.717) is 11.5 Å². The number of thiazole rings is 1. The van der Waals surface area contributed by atoms with Gasteiger partial charge in [0.15, 0.2) is 10.9 Å². The van der Waals surface area contributed by atoms with Crippen molar-refractivity contribution >= 4 is 28.0 Å². The fourth-order valence-corrected chi connectivity index (χ4v) is 1.87. The number of pyridine rings is 1. The van der Waals surface area contributed by atoms with Crippen LogP contribution in [0.5, 0.6) is 0 Å². The monoisotopic (exact) mass is 220 g/mol. The van der Waals surface area contributed by atoms with Crippen molar-refractivity contribution in [3.63, 3.8) is 0 Å². The molecule has 0 amide bonds. The third kappa shape index (κ3) is 2.24. The Bertz CT molecular complexity index is 478. The van der Waals surface area contributed by atoms with E-state index in [0.717, 1.165) is 15.6 Å². The summed E-state index contributed by atoms with van der Waals surface area (Å²) in [6.07, 6.45) is 3.59. The minimum absolute atomic E-state index is 0.642. The standard InChI is InChI=1S/C10H12N4S/c1-6-3-8(11)9(12-4-6)14-10-13-5-7(2)15-10/h3-5H,11H2,1-2H3,(H,12,13,14). The highest BCUT2D eigenvalue weighted by molar-refractivity contribution is 7.15. The summed E-state index contributed by atoms with van der Waals surface area (Å²) in [6, 6.07) is 1.88. The Kier molecular flexibility index (Phi) is 2.55. The summed E-state index contributed by atoms with van der Waals surface area (Å²) in [5.41, 5.74) is 7.52. The van der Waals surface area contributed by atoms with Crippen LogP contribution >= 0.6 is 11.3 Å². The average molecular weight is 220 g/mol. The molecule has 0 saturated heterocycles. The molecule has 15 heavy (non-hydrogen) atoms. The van der Waals surface area contributed by atoms with Gasteiger partial charge in [0.2, 0.25) is 0 Å². The van der Waals surface area contributed by atoms with Crippen LogP contribution in [0.15, 0.2) is 18.5 Å². The van der Waals surface area contributed by atoms with Crippen molar-refractivity contribution in [2.45, 2.75) is 13.8 Å². The van der Waals surface area contributed by atoms with E-state index in [9.17, 15) is 0 Å². The summed E-state index contributed by atoms with van der Waals surface area (Å²) < 4.78 is 0. The lowest BCUT2D eigenvalue weighted by Gasteiger charge is -2.05. The van der Waals surface area contributed by atoms with Crippen molar-refractivity contribution in [3.8, 4) is 0 Å². The molecule has 0 atom stereocenters. The number of aromatic nitrogens is 2. The average Bonchev–Trinajstić information content (AvgIpc) is 2.56. The van der Waals surface area contributed by atoms with Crippen LogP contribution in [-0.4, -0.2) is 9.97 Å². The van der Waals surface area contributed by atoms with Crippen LogP contribution in [0.1, 0.15) is 10.4 Å². The van der Waals surface area contributed by atoms with Crippen molar-refractivity contribution in [3.05, 3.63) is 28.9 Å². The second kappa shape index (κ2) is 3.86. The van der Waals surface area contributed by atoms with Crippen molar-refractivity contribution in [2.75, 3.05) is 11.1 Å². The number of aryl methyl sites for hydroxylation is 2. The van der Waals surface area contributed by atoms with Crippen molar-refractivity contribution in [1.29, 1.82) is 0 Å². The first-order chi connectivity index (χ1) is 7.15. The van der Waals surface area contributed by atoms with E-state index in [-0.39, 0.29) is 0 Å². The van der Waals surface area contributed by atoms with Gasteiger partial charge in [-0.2, -0.15) is 0 Å². The van der Waals surface area contributed by atoms with E-state index >= 15 is 0 Å². The third-order valence-electron chi connectivity index (χ3n) is 1.90. The van der Waals surface area contributed by atoms with E-state index in [1.807, 2.05) is 26.1 Å². The number of anilines is 3. The minimum Gasteiger partial charge on any atom is -0.396 e. The predicted octanol–water partition coefficient (Wildman–Crippen LogP) is 2.48. The third-order valence-corrected chi connectivity index (χ3v) is 2.73. The number of nitrogen functional groups attached to an aromatic ring is 1. The number of nitrogens with two attached hydrogens (primary N) is 1. The van der Waals surface area contributed by atoms with Gasteiger partial charge in [0.05, 0.1) is 5.69 Å². The molecule has 2 aromatic rings. The number of nitrogens with one attached hydrogen (secondary N) is 1. The van der Waals surface area contributed by atoms with Gasteiger partial charge in [0.25, 0.3) is 0 Å². The van der Waals surface area contributed by atoms with Crippen molar-refractivity contribution in [1.82, 2.24) is 9.97 Å². The number of rotatable bonds is 2. The summed E-state index contributed by atoms with van der Waals surface area (Å²) >= 11 is 1.58. The first kappa shape index (κ1) is 9.92. The van der Waals surface area contributed by atoms with E-state index in [4.69, 9.17) is 5.73 Å². The minimum atomic E-state index is 0.642. The number of hydrogen-bond acceptors (Lipinski definition) is 5. The van der Waals surface area contributed by atoms with Crippen molar-refractivity contribution in [2.24, 2.45) is 0 Å². The van der Waals surface area contributed by atoms with E-state index in [2.05, 4.69) is 15.3 Å². The van der Waals surface area contributed by atoms with Gasteiger partial charge in [-0.05, 0) is 25.5 Å². The molecule has 2 heterocycles. The van der Waals surface area contributed by atoms with Gasteiger partial charge >= 0.3 is 0 Å². The predicted molar refractivity (Wildman–Crippen MR) is 63.5 cm³/mol. The molecule has 4 nitrogen and oxygen atoms in total. The Labute approximate surface area is 92.2 Å². The van der Waals surface area contributed by atoms with Crippen LogP contribution < -0.4 is 11.1 Å². The van der Waals surface area contributed by atoms with Crippen LogP contribution in [-0.2, 0) is 0 Å². The van der Waals surface area contributed by atoms with Crippen molar-refractivity contribution < 1.29 is 0 Å². The normalized spacial score (nSPS) is 10.3. The molecule has 0 saturated carbocycles.